The molecule has 0 saturated heterocycles. The van der Waals surface area contributed by atoms with Crippen molar-refractivity contribution in [1.29, 1.82) is 0 Å². The average Bonchev–Trinajstić information content (AvgIpc) is 2.61. The highest BCUT2D eigenvalue weighted by Crippen LogP contribution is 2.15. The molecule has 0 radical (unpaired) electrons. The monoisotopic (exact) mass is 383 g/mol. The molecular weight excluding hydrogens is 368 g/mol. The van der Waals surface area contributed by atoms with Crippen LogP contribution in [0, 0.1) is 11.6 Å². The van der Waals surface area contributed by atoms with Crippen molar-refractivity contribution in [1.82, 2.24) is 15.2 Å². The molecule has 2 aromatic rings. The van der Waals surface area contributed by atoms with Crippen LogP contribution in [0.2, 0.25) is 0 Å². The number of hydrogen-bond donors (Lipinski definition) is 2. The number of hydrogen-bond acceptors (Lipinski definition) is 4. The molecule has 0 atom stereocenters. The van der Waals surface area contributed by atoms with Gasteiger partial charge in [-0.25, -0.2) is 21.5 Å². The Balaban J connectivity index is 2.14. The lowest BCUT2D eigenvalue weighted by molar-refractivity contribution is 0.0844. The summed E-state index contributed by atoms with van der Waals surface area (Å²) in [6.07, 6.45) is 0. The van der Waals surface area contributed by atoms with E-state index in [1.54, 1.807) is 0 Å². The van der Waals surface area contributed by atoms with E-state index in [4.69, 9.17) is 0 Å². The molecule has 138 valence electrons. The second-order valence-electron chi connectivity index (χ2n) is 5.35. The number of carbonyl (C=O) groups is 2. The fraction of sp³-hybridized carbons (Fsp3) is 0.125. The van der Waals surface area contributed by atoms with E-state index >= 15 is 0 Å². The van der Waals surface area contributed by atoms with Gasteiger partial charge in [-0.3, -0.25) is 20.4 Å². The second-order valence-corrected chi connectivity index (χ2v) is 7.50. The summed E-state index contributed by atoms with van der Waals surface area (Å²) < 4.78 is 51.7. The summed E-state index contributed by atoms with van der Waals surface area (Å²) in [6, 6.07) is 7.44. The first-order valence-electron chi connectivity index (χ1n) is 7.21. The van der Waals surface area contributed by atoms with Gasteiger partial charge in [0, 0.05) is 19.7 Å². The predicted octanol–water partition coefficient (Wildman–Crippen LogP) is 1.29. The Kier molecular flexibility index (Phi) is 5.68. The first-order valence-corrected chi connectivity index (χ1v) is 8.65. The molecule has 0 unspecified atom stereocenters. The van der Waals surface area contributed by atoms with Crippen LogP contribution in [0.5, 0.6) is 0 Å². The highest BCUT2D eigenvalue weighted by atomic mass is 32.2. The number of benzene rings is 2. The van der Waals surface area contributed by atoms with Crippen molar-refractivity contribution in [3.05, 3.63) is 65.2 Å². The van der Waals surface area contributed by atoms with Gasteiger partial charge in [0.15, 0.2) is 0 Å². The van der Waals surface area contributed by atoms with Crippen molar-refractivity contribution in [3.63, 3.8) is 0 Å². The number of nitrogens with zero attached hydrogens (tertiary/aromatic N) is 1. The molecule has 0 aromatic heterocycles. The van der Waals surface area contributed by atoms with Gasteiger partial charge in [0.05, 0.1) is 10.5 Å². The number of halogens is 2. The Morgan fingerprint density at radius 2 is 1.62 bits per heavy atom. The summed E-state index contributed by atoms with van der Waals surface area (Å²) in [5.74, 6) is -3.67. The van der Waals surface area contributed by atoms with Crippen LogP contribution >= 0.6 is 0 Å². The molecule has 7 nitrogen and oxygen atoms in total. The number of hydrazine groups is 1. The zero-order chi connectivity index (χ0) is 19.5. The van der Waals surface area contributed by atoms with Crippen LogP contribution in [0.3, 0.4) is 0 Å². The highest BCUT2D eigenvalue weighted by Gasteiger charge is 2.19. The highest BCUT2D eigenvalue weighted by molar-refractivity contribution is 7.89. The van der Waals surface area contributed by atoms with E-state index in [1.807, 2.05) is 10.9 Å². The van der Waals surface area contributed by atoms with Gasteiger partial charge in [0.1, 0.15) is 11.6 Å². The molecular formula is C16H15F2N3O4S. The maximum absolute atomic E-state index is 13.5. The number of rotatable bonds is 4. The van der Waals surface area contributed by atoms with Gasteiger partial charge < -0.3 is 0 Å². The van der Waals surface area contributed by atoms with Gasteiger partial charge in [-0.1, -0.05) is 6.07 Å². The van der Waals surface area contributed by atoms with Gasteiger partial charge in [0.25, 0.3) is 11.8 Å². The molecule has 0 aliphatic carbocycles. The zero-order valence-corrected chi connectivity index (χ0v) is 14.6. The third-order valence-electron chi connectivity index (χ3n) is 3.34. The van der Waals surface area contributed by atoms with Crippen molar-refractivity contribution in [2.24, 2.45) is 0 Å². The minimum absolute atomic E-state index is 0.0482. The summed E-state index contributed by atoms with van der Waals surface area (Å²) in [5.41, 5.74) is 3.32. The first-order chi connectivity index (χ1) is 12.1. The molecule has 0 spiro atoms. The molecule has 2 aromatic carbocycles. The lowest BCUT2D eigenvalue weighted by Gasteiger charge is -2.12. The Hall–Kier alpha value is -2.85. The SMILES string of the molecule is CN(C)S(=O)(=O)c1cccc(C(=O)NNC(=O)c2cc(F)ccc2F)c1. The molecule has 2 rings (SSSR count). The van der Waals surface area contributed by atoms with E-state index in [0.29, 0.717) is 6.07 Å². The molecule has 26 heavy (non-hydrogen) atoms. The number of carbonyl (C=O) groups excluding carboxylic acids is 2. The van der Waals surface area contributed by atoms with Gasteiger partial charge in [-0.15, -0.1) is 0 Å². The summed E-state index contributed by atoms with van der Waals surface area (Å²) in [7, 11) is -1.06. The minimum atomic E-state index is -3.74. The van der Waals surface area contributed by atoms with Crippen molar-refractivity contribution in [2.75, 3.05) is 14.1 Å². The van der Waals surface area contributed by atoms with Gasteiger partial charge in [0.2, 0.25) is 10.0 Å². The maximum Gasteiger partial charge on any atom is 0.272 e. The van der Waals surface area contributed by atoms with Crippen LogP contribution < -0.4 is 10.9 Å². The van der Waals surface area contributed by atoms with E-state index in [9.17, 15) is 26.8 Å². The third-order valence-corrected chi connectivity index (χ3v) is 5.15. The van der Waals surface area contributed by atoms with Crippen molar-refractivity contribution < 1.29 is 26.8 Å². The van der Waals surface area contributed by atoms with Gasteiger partial charge in [-0.05, 0) is 36.4 Å². The van der Waals surface area contributed by atoms with Crippen molar-refractivity contribution >= 4 is 21.8 Å². The molecule has 10 heteroatoms. The molecule has 2 amide bonds. The average molecular weight is 383 g/mol. The largest absolute Gasteiger partial charge is 0.272 e. The normalized spacial score (nSPS) is 11.3. The van der Waals surface area contributed by atoms with Crippen LogP contribution in [0.4, 0.5) is 8.78 Å². The van der Waals surface area contributed by atoms with E-state index < -0.39 is 39.0 Å². The van der Waals surface area contributed by atoms with E-state index in [0.717, 1.165) is 22.5 Å². The molecule has 0 heterocycles. The fourth-order valence-electron chi connectivity index (χ4n) is 1.93. The topological polar surface area (TPSA) is 95.6 Å². The summed E-state index contributed by atoms with van der Waals surface area (Å²) in [5, 5.41) is 0. The molecule has 0 aliphatic rings. The standard InChI is InChI=1S/C16H15F2N3O4S/c1-21(2)26(24,25)12-5-3-4-10(8-12)15(22)19-20-16(23)13-9-11(17)6-7-14(13)18/h3-9H,1-2H3,(H,19,22)(H,20,23). The molecule has 2 N–H and O–H groups in total. The maximum atomic E-state index is 13.5. The lowest BCUT2D eigenvalue weighted by atomic mass is 10.2. The predicted molar refractivity (Wildman–Crippen MR) is 88.6 cm³/mol. The number of nitrogens with one attached hydrogen (secondary N) is 2. The van der Waals surface area contributed by atoms with Gasteiger partial charge in [-0.2, -0.15) is 0 Å². The Morgan fingerprint density at radius 3 is 2.27 bits per heavy atom. The number of sulfonamides is 1. The number of amides is 2. The molecule has 0 fully saturated rings. The molecule has 0 bridgehead atoms. The Morgan fingerprint density at radius 1 is 0.962 bits per heavy atom. The minimum Gasteiger partial charge on any atom is -0.267 e. The summed E-state index contributed by atoms with van der Waals surface area (Å²) in [6.45, 7) is 0. The van der Waals surface area contributed by atoms with Crippen LogP contribution in [-0.4, -0.2) is 38.6 Å². The quantitative estimate of drug-likeness (QED) is 0.778. The Bertz CT molecular complexity index is 962. The van der Waals surface area contributed by atoms with Crippen molar-refractivity contribution in [2.45, 2.75) is 4.90 Å². The van der Waals surface area contributed by atoms with E-state index in [2.05, 4.69) is 0 Å². The van der Waals surface area contributed by atoms with Gasteiger partial charge >= 0.3 is 0 Å². The van der Waals surface area contributed by atoms with Crippen LogP contribution in [0.25, 0.3) is 0 Å². The fourth-order valence-corrected chi connectivity index (χ4v) is 2.88. The first kappa shape index (κ1) is 19.5. The van der Waals surface area contributed by atoms with Crippen LogP contribution in [-0.2, 0) is 10.0 Å². The zero-order valence-electron chi connectivity index (χ0n) is 13.8. The van der Waals surface area contributed by atoms with Crippen molar-refractivity contribution in [3.8, 4) is 0 Å². The smallest absolute Gasteiger partial charge is 0.267 e. The molecule has 0 saturated carbocycles. The summed E-state index contributed by atoms with van der Waals surface area (Å²) in [4.78, 5) is 23.8. The summed E-state index contributed by atoms with van der Waals surface area (Å²) >= 11 is 0. The van der Waals surface area contributed by atoms with E-state index in [1.165, 1.54) is 32.3 Å². The lowest BCUT2D eigenvalue weighted by Crippen LogP contribution is -2.42. The van der Waals surface area contributed by atoms with Crippen LogP contribution in [0.15, 0.2) is 47.4 Å². The van der Waals surface area contributed by atoms with E-state index in [-0.39, 0.29) is 10.5 Å². The third kappa shape index (κ3) is 4.21. The van der Waals surface area contributed by atoms with Crippen LogP contribution in [0.1, 0.15) is 20.7 Å². The molecule has 0 aliphatic heterocycles. The Labute approximate surface area is 148 Å². The second kappa shape index (κ2) is 7.58.